The van der Waals surface area contributed by atoms with Crippen LogP contribution in [0, 0.1) is 0 Å². The van der Waals surface area contributed by atoms with Crippen molar-refractivity contribution < 1.29 is 0 Å². The Morgan fingerprint density at radius 3 is 1.49 bits per heavy atom. The lowest BCUT2D eigenvalue weighted by Gasteiger charge is -2.13. The number of benzene rings is 7. The topological polar surface area (TPSA) is 43.1 Å². The smallest absolute Gasteiger partial charge is 0.166 e. The van der Waals surface area contributed by atoms with E-state index in [0.717, 1.165) is 22.2 Å². The second-order valence-corrected chi connectivity index (χ2v) is 11.2. The van der Waals surface area contributed by atoms with Gasteiger partial charge in [-0.05, 0) is 33.7 Å². The predicted molar refractivity (Wildman–Crippen MR) is 177 cm³/mol. The molecule has 4 nitrogen and oxygen atoms in total. The summed E-state index contributed by atoms with van der Waals surface area (Å²) in [4.78, 5) is 15.2. The highest BCUT2D eigenvalue weighted by Crippen LogP contribution is 2.49. The van der Waals surface area contributed by atoms with Crippen LogP contribution >= 0.6 is 0 Å². The molecular weight excluding hydrogens is 524 g/mol. The van der Waals surface area contributed by atoms with Gasteiger partial charge >= 0.3 is 0 Å². The van der Waals surface area contributed by atoms with Crippen molar-refractivity contribution in [2.75, 3.05) is 0 Å². The van der Waals surface area contributed by atoms with Crippen LogP contribution < -0.4 is 0 Å². The Bertz CT molecular complexity index is 2600. The zero-order chi connectivity index (χ0) is 28.1. The van der Waals surface area contributed by atoms with Gasteiger partial charge in [-0.3, -0.25) is 0 Å². The maximum atomic E-state index is 5.15. The molecule has 10 aromatic rings. The molecule has 0 aliphatic heterocycles. The van der Waals surface area contributed by atoms with Gasteiger partial charge in [0.25, 0.3) is 0 Å². The monoisotopic (exact) mass is 546 g/mol. The molecule has 0 unspecified atom stereocenters. The average Bonchev–Trinajstić information content (AvgIpc) is 3.62. The number of hydrogen-bond acceptors (Lipinski definition) is 3. The van der Waals surface area contributed by atoms with Gasteiger partial charge in [0.1, 0.15) is 0 Å². The van der Waals surface area contributed by atoms with Gasteiger partial charge in [-0.1, -0.05) is 121 Å². The van der Waals surface area contributed by atoms with E-state index in [-0.39, 0.29) is 0 Å². The number of para-hydroxylation sites is 1. The fourth-order valence-corrected chi connectivity index (χ4v) is 7.13. The Morgan fingerprint density at radius 1 is 0.349 bits per heavy atom. The van der Waals surface area contributed by atoms with Crippen molar-refractivity contribution in [3.8, 4) is 34.2 Å². The molecule has 10 rings (SSSR count). The lowest BCUT2D eigenvalue weighted by molar-refractivity contribution is 1.07. The lowest BCUT2D eigenvalue weighted by atomic mass is 9.92. The standard InChI is InChI=1S/C39H22N4/c1-3-11-23(12-4-1)37-40-38(24-13-5-2-6-14-24)42-39(41-37)31-22-20-29-26-16-8-7-15-25(26)28-19-21-30-27-17-9-10-18-32(27)43-35(30)33(28)34(29)36(31)43/h1-22H. The van der Waals surface area contributed by atoms with E-state index >= 15 is 0 Å². The number of rotatable bonds is 3. The maximum absolute atomic E-state index is 5.15. The minimum Gasteiger partial charge on any atom is -0.307 e. The highest BCUT2D eigenvalue weighted by Gasteiger charge is 2.26. The van der Waals surface area contributed by atoms with Crippen LogP contribution in [0.1, 0.15) is 0 Å². The van der Waals surface area contributed by atoms with Gasteiger partial charge in [-0.15, -0.1) is 0 Å². The predicted octanol–water partition coefficient (Wildman–Crippen LogP) is 9.77. The summed E-state index contributed by atoms with van der Waals surface area (Å²) in [6.07, 6.45) is 0. The van der Waals surface area contributed by atoms with Crippen LogP contribution in [0.3, 0.4) is 0 Å². The molecule has 43 heavy (non-hydrogen) atoms. The van der Waals surface area contributed by atoms with Gasteiger partial charge in [0.2, 0.25) is 0 Å². The number of nitrogens with zero attached hydrogens (tertiary/aromatic N) is 4. The number of hydrogen-bond donors (Lipinski definition) is 0. The van der Waals surface area contributed by atoms with Gasteiger partial charge < -0.3 is 4.40 Å². The summed E-state index contributed by atoms with van der Waals surface area (Å²) < 4.78 is 2.46. The highest BCUT2D eigenvalue weighted by atomic mass is 15.0. The molecular formula is C39H22N4. The van der Waals surface area contributed by atoms with Crippen molar-refractivity contribution >= 4 is 59.6 Å². The minimum absolute atomic E-state index is 0.665. The number of aromatic nitrogens is 4. The molecule has 7 aromatic carbocycles. The summed E-state index contributed by atoms with van der Waals surface area (Å²) in [7, 11) is 0. The van der Waals surface area contributed by atoms with E-state index in [9.17, 15) is 0 Å². The fourth-order valence-electron chi connectivity index (χ4n) is 7.13. The second-order valence-electron chi connectivity index (χ2n) is 11.2. The van der Waals surface area contributed by atoms with Gasteiger partial charge in [-0.2, -0.15) is 0 Å². The first-order valence-electron chi connectivity index (χ1n) is 14.6. The SMILES string of the molecule is c1ccc(-c2nc(-c3ccccc3)nc(-c3ccc4c5ccccc5c5ccc6c7ccccc7n7c3c4c5c67)n2)cc1. The second kappa shape index (κ2) is 8.34. The van der Waals surface area contributed by atoms with Gasteiger partial charge in [-0.25, -0.2) is 15.0 Å². The Kier molecular flexibility index (Phi) is 4.42. The Balaban J connectivity index is 1.41. The van der Waals surface area contributed by atoms with E-state index in [0.29, 0.717) is 17.5 Å². The summed E-state index contributed by atoms with van der Waals surface area (Å²) in [5.74, 6) is 2.00. The molecule has 0 bridgehead atoms. The summed E-state index contributed by atoms with van der Waals surface area (Å²) >= 11 is 0. The summed E-state index contributed by atoms with van der Waals surface area (Å²) in [5, 5.41) is 10.2. The lowest BCUT2D eigenvalue weighted by Crippen LogP contribution is -2.01. The van der Waals surface area contributed by atoms with E-state index in [2.05, 4.69) is 101 Å². The molecule has 0 N–H and O–H groups in total. The van der Waals surface area contributed by atoms with E-state index < -0.39 is 0 Å². The zero-order valence-corrected chi connectivity index (χ0v) is 23.0. The molecule has 198 valence electrons. The Morgan fingerprint density at radius 2 is 0.837 bits per heavy atom. The van der Waals surface area contributed by atoms with Crippen LogP contribution in [-0.2, 0) is 0 Å². The molecule has 4 heteroatoms. The molecule has 0 amide bonds. The third-order valence-corrected chi connectivity index (χ3v) is 8.94. The van der Waals surface area contributed by atoms with Crippen LogP contribution in [0.15, 0.2) is 133 Å². The van der Waals surface area contributed by atoms with Crippen molar-refractivity contribution in [1.82, 2.24) is 19.4 Å². The van der Waals surface area contributed by atoms with Crippen LogP contribution in [-0.4, -0.2) is 19.4 Å². The zero-order valence-electron chi connectivity index (χ0n) is 23.0. The van der Waals surface area contributed by atoms with Crippen LogP contribution in [0.25, 0.3) is 93.8 Å². The first-order chi connectivity index (χ1) is 21.3. The van der Waals surface area contributed by atoms with Crippen molar-refractivity contribution in [2.24, 2.45) is 0 Å². The van der Waals surface area contributed by atoms with E-state index in [1.54, 1.807) is 0 Å². The van der Waals surface area contributed by atoms with Crippen molar-refractivity contribution in [2.45, 2.75) is 0 Å². The highest BCUT2D eigenvalue weighted by molar-refractivity contribution is 6.39. The molecule has 3 aromatic heterocycles. The number of fused-ring (bicyclic) bond motifs is 7. The van der Waals surface area contributed by atoms with Gasteiger partial charge in [0, 0.05) is 38.2 Å². The molecule has 0 saturated heterocycles. The first-order valence-corrected chi connectivity index (χ1v) is 14.6. The van der Waals surface area contributed by atoms with Crippen molar-refractivity contribution in [3.63, 3.8) is 0 Å². The third kappa shape index (κ3) is 3.02. The third-order valence-electron chi connectivity index (χ3n) is 8.94. The fraction of sp³-hybridized carbons (Fsp3) is 0. The quantitative estimate of drug-likeness (QED) is 0.207. The Labute approximate surface area is 246 Å². The van der Waals surface area contributed by atoms with Crippen molar-refractivity contribution in [1.29, 1.82) is 0 Å². The van der Waals surface area contributed by atoms with Crippen LogP contribution in [0.5, 0.6) is 0 Å². The van der Waals surface area contributed by atoms with Crippen LogP contribution in [0.2, 0.25) is 0 Å². The summed E-state index contributed by atoms with van der Waals surface area (Å²) in [5.41, 5.74) is 6.53. The molecule has 3 heterocycles. The molecule has 0 aliphatic rings. The average molecular weight is 547 g/mol. The molecule has 0 atom stereocenters. The molecule has 0 fully saturated rings. The van der Waals surface area contributed by atoms with Crippen molar-refractivity contribution in [3.05, 3.63) is 133 Å². The molecule has 0 aliphatic carbocycles. The minimum atomic E-state index is 0.665. The summed E-state index contributed by atoms with van der Waals surface area (Å²) in [6.45, 7) is 0. The normalized spacial score (nSPS) is 12.2. The van der Waals surface area contributed by atoms with Gasteiger partial charge in [0.15, 0.2) is 17.5 Å². The van der Waals surface area contributed by atoms with E-state index in [1.165, 1.54) is 54.1 Å². The Hall–Kier alpha value is -5.87. The van der Waals surface area contributed by atoms with E-state index in [4.69, 9.17) is 15.0 Å². The largest absolute Gasteiger partial charge is 0.307 e. The first kappa shape index (κ1) is 22.8. The molecule has 0 radical (unpaired) electrons. The molecule has 0 spiro atoms. The van der Waals surface area contributed by atoms with Gasteiger partial charge in [0.05, 0.1) is 16.6 Å². The van der Waals surface area contributed by atoms with Crippen LogP contribution in [0.4, 0.5) is 0 Å². The molecule has 0 saturated carbocycles. The summed E-state index contributed by atoms with van der Waals surface area (Å²) in [6, 6.07) is 46.9. The maximum Gasteiger partial charge on any atom is 0.166 e. The van der Waals surface area contributed by atoms with E-state index in [1.807, 2.05) is 36.4 Å².